The molecule has 1 amide bonds. The van der Waals surface area contributed by atoms with E-state index >= 15 is 0 Å². The van der Waals surface area contributed by atoms with Crippen LogP contribution >= 0.6 is 11.8 Å². The lowest BCUT2D eigenvalue weighted by Crippen LogP contribution is -2.27. The van der Waals surface area contributed by atoms with Crippen molar-refractivity contribution in [3.05, 3.63) is 94.5 Å². The number of aryl methyl sites for hydroxylation is 2. The summed E-state index contributed by atoms with van der Waals surface area (Å²) in [5, 5.41) is 3.34. The Morgan fingerprint density at radius 2 is 1.80 bits per heavy atom. The van der Waals surface area contributed by atoms with Crippen LogP contribution in [0.5, 0.6) is 0 Å². The zero-order valence-electron chi connectivity index (χ0n) is 16.8. The Morgan fingerprint density at radius 3 is 2.60 bits per heavy atom. The summed E-state index contributed by atoms with van der Waals surface area (Å²) in [4.78, 5) is 31.5. The monoisotopic (exact) mass is 415 g/mol. The fraction of sp³-hybridized carbons (Fsp3) is 0.125. The highest BCUT2D eigenvalue weighted by Gasteiger charge is 2.09. The van der Waals surface area contributed by atoms with Gasteiger partial charge in [0.05, 0.1) is 17.2 Å². The Kier molecular flexibility index (Phi) is 5.68. The highest BCUT2D eigenvalue weighted by atomic mass is 32.2. The molecular weight excluding hydrogens is 394 g/mol. The van der Waals surface area contributed by atoms with Gasteiger partial charge >= 0.3 is 0 Å². The number of benzene rings is 3. The van der Waals surface area contributed by atoms with Gasteiger partial charge in [-0.05, 0) is 67.4 Å². The summed E-state index contributed by atoms with van der Waals surface area (Å²) in [7, 11) is 0. The van der Waals surface area contributed by atoms with E-state index in [1.807, 2.05) is 30.3 Å². The standard InChI is InChI=1S/C24H21N3O2S/c1-16-7-8-17(2)22(13-16)30-19-11-9-18(10-12-19)26-23(28)14-27-15-25-21-6-4-3-5-20(21)24(27)29/h3-13,15H,14H2,1-2H3,(H,26,28). The highest BCUT2D eigenvalue weighted by Crippen LogP contribution is 2.31. The van der Waals surface area contributed by atoms with Gasteiger partial charge in [-0.2, -0.15) is 0 Å². The van der Waals surface area contributed by atoms with Crippen molar-refractivity contribution in [2.24, 2.45) is 0 Å². The molecule has 0 aliphatic carbocycles. The summed E-state index contributed by atoms with van der Waals surface area (Å²) in [5.41, 5.74) is 3.54. The fourth-order valence-corrected chi connectivity index (χ4v) is 4.12. The molecule has 0 spiro atoms. The first-order valence-corrected chi connectivity index (χ1v) is 10.4. The molecule has 0 radical (unpaired) electrons. The van der Waals surface area contributed by atoms with Crippen molar-refractivity contribution in [1.29, 1.82) is 0 Å². The molecule has 0 unspecified atom stereocenters. The van der Waals surface area contributed by atoms with Crippen molar-refractivity contribution in [3.8, 4) is 0 Å². The van der Waals surface area contributed by atoms with E-state index in [2.05, 4.69) is 42.3 Å². The molecule has 0 aliphatic rings. The maximum Gasteiger partial charge on any atom is 0.261 e. The number of fused-ring (bicyclic) bond motifs is 1. The fourth-order valence-electron chi connectivity index (χ4n) is 3.12. The van der Waals surface area contributed by atoms with Crippen LogP contribution in [0.3, 0.4) is 0 Å². The van der Waals surface area contributed by atoms with Crippen LogP contribution in [0.15, 0.2) is 87.6 Å². The van der Waals surface area contributed by atoms with Crippen molar-refractivity contribution in [3.63, 3.8) is 0 Å². The summed E-state index contributed by atoms with van der Waals surface area (Å²) >= 11 is 1.70. The van der Waals surface area contributed by atoms with E-state index in [-0.39, 0.29) is 18.0 Å². The topological polar surface area (TPSA) is 64.0 Å². The van der Waals surface area contributed by atoms with Gasteiger partial charge in [-0.15, -0.1) is 0 Å². The molecule has 4 aromatic rings. The van der Waals surface area contributed by atoms with E-state index in [1.165, 1.54) is 26.9 Å². The minimum Gasteiger partial charge on any atom is -0.325 e. The predicted octanol–water partition coefficient (Wildman–Crippen LogP) is 4.80. The van der Waals surface area contributed by atoms with Gasteiger partial charge in [0.1, 0.15) is 6.54 Å². The zero-order valence-corrected chi connectivity index (χ0v) is 17.6. The van der Waals surface area contributed by atoms with Crippen molar-refractivity contribution < 1.29 is 4.79 Å². The van der Waals surface area contributed by atoms with Crippen LogP contribution in [0.1, 0.15) is 11.1 Å². The molecule has 150 valence electrons. The van der Waals surface area contributed by atoms with E-state index in [4.69, 9.17) is 0 Å². The van der Waals surface area contributed by atoms with Crippen LogP contribution in [0.4, 0.5) is 5.69 Å². The summed E-state index contributed by atoms with van der Waals surface area (Å²) in [5.74, 6) is -0.274. The molecule has 0 saturated heterocycles. The smallest absolute Gasteiger partial charge is 0.261 e. The van der Waals surface area contributed by atoms with Gasteiger partial charge in [0, 0.05) is 15.5 Å². The third kappa shape index (κ3) is 4.44. The highest BCUT2D eigenvalue weighted by molar-refractivity contribution is 7.99. The first kappa shape index (κ1) is 19.9. The molecule has 4 rings (SSSR count). The molecule has 0 bridgehead atoms. The number of aromatic nitrogens is 2. The molecule has 3 aromatic carbocycles. The van der Waals surface area contributed by atoms with Gasteiger partial charge in [0.15, 0.2) is 0 Å². The molecular formula is C24H21N3O2S. The van der Waals surface area contributed by atoms with E-state index in [0.29, 0.717) is 16.6 Å². The minimum atomic E-state index is -0.274. The van der Waals surface area contributed by atoms with Crippen molar-refractivity contribution in [2.75, 3.05) is 5.32 Å². The molecule has 5 nitrogen and oxygen atoms in total. The third-order valence-corrected chi connectivity index (χ3v) is 5.92. The van der Waals surface area contributed by atoms with Crippen LogP contribution in [-0.2, 0) is 11.3 Å². The van der Waals surface area contributed by atoms with Crippen LogP contribution in [0, 0.1) is 13.8 Å². The number of rotatable bonds is 5. The maximum absolute atomic E-state index is 12.5. The average molecular weight is 416 g/mol. The van der Waals surface area contributed by atoms with Gasteiger partial charge in [-0.3, -0.25) is 14.2 Å². The first-order valence-electron chi connectivity index (χ1n) is 9.59. The second-order valence-corrected chi connectivity index (χ2v) is 8.25. The molecule has 1 aromatic heterocycles. The largest absolute Gasteiger partial charge is 0.325 e. The summed E-state index contributed by atoms with van der Waals surface area (Å²) in [6.07, 6.45) is 1.41. The van der Waals surface area contributed by atoms with Crippen LogP contribution in [0.25, 0.3) is 10.9 Å². The quantitative estimate of drug-likeness (QED) is 0.508. The number of hydrogen-bond donors (Lipinski definition) is 1. The summed E-state index contributed by atoms with van der Waals surface area (Å²) in [6.45, 7) is 4.09. The molecule has 0 atom stereocenters. The second kappa shape index (κ2) is 8.55. The average Bonchev–Trinajstić information content (AvgIpc) is 2.74. The minimum absolute atomic E-state index is 0.0876. The first-order chi connectivity index (χ1) is 14.5. The Labute approximate surface area is 178 Å². The van der Waals surface area contributed by atoms with Gasteiger partial charge < -0.3 is 5.32 Å². The number of amides is 1. The number of anilines is 1. The molecule has 0 fully saturated rings. The van der Waals surface area contributed by atoms with E-state index < -0.39 is 0 Å². The van der Waals surface area contributed by atoms with Crippen molar-refractivity contribution in [2.45, 2.75) is 30.2 Å². The Balaban J connectivity index is 1.43. The lowest BCUT2D eigenvalue weighted by atomic mass is 10.2. The summed E-state index contributed by atoms with van der Waals surface area (Å²) < 4.78 is 1.32. The lowest BCUT2D eigenvalue weighted by molar-refractivity contribution is -0.116. The Morgan fingerprint density at radius 1 is 1.03 bits per heavy atom. The SMILES string of the molecule is Cc1ccc(C)c(Sc2ccc(NC(=O)Cn3cnc4ccccc4c3=O)cc2)c1. The van der Waals surface area contributed by atoms with E-state index in [0.717, 1.165) is 4.90 Å². The number of hydrogen-bond acceptors (Lipinski definition) is 4. The predicted molar refractivity (Wildman–Crippen MR) is 121 cm³/mol. The molecule has 6 heteroatoms. The van der Waals surface area contributed by atoms with Gasteiger partial charge in [-0.1, -0.05) is 36.0 Å². The molecule has 1 heterocycles. The molecule has 1 N–H and O–H groups in total. The van der Waals surface area contributed by atoms with E-state index in [1.54, 1.807) is 30.0 Å². The molecule has 0 saturated carbocycles. The number of nitrogens with one attached hydrogen (secondary N) is 1. The maximum atomic E-state index is 12.5. The summed E-state index contributed by atoms with van der Waals surface area (Å²) in [6, 6.07) is 21.2. The van der Waals surface area contributed by atoms with E-state index in [9.17, 15) is 9.59 Å². The zero-order chi connectivity index (χ0) is 21.1. The van der Waals surface area contributed by atoms with Crippen molar-refractivity contribution >= 4 is 34.3 Å². The Bertz CT molecular complexity index is 1280. The number of nitrogens with zero attached hydrogens (tertiary/aromatic N) is 2. The number of carbonyl (C=O) groups excluding carboxylic acids is 1. The third-order valence-electron chi connectivity index (χ3n) is 4.76. The normalized spacial score (nSPS) is 10.9. The van der Waals surface area contributed by atoms with Gasteiger partial charge in [0.25, 0.3) is 5.56 Å². The lowest BCUT2D eigenvalue weighted by Gasteiger charge is -2.10. The molecule has 0 aliphatic heterocycles. The van der Waals surface area contributed by atoms with Crippen LogP contribution in [0.2, 0.25) is 0 Å². The van der Waals surface area contributed by atoms with Crippen LogP contribution < -0.4 is 10.9 Å². The second-order valence-electron chi connectivity index (χ2n) is 7.14. The molecule has 30 heavy (non-hydrogen) atoms. The van der Waals surface area contributed by atoms with Crippen molar-refractivity contribution in [1.82, 2.24) is 9.55 Å². The van der Waals surface area contributed by atoms with Crippen LogP contribution in [-0.4, -0.2) is 15.5 Å². The van der Waals surface area contributed by atoms with Gasteiger partial charge in [-0.25, -0.2) is 4.98 Å². The number of para-hydroxylation sites is 1. The Hall–Kier alpha value is -3.38. The number of carbonyl (C=O) groups is 1. The van der Waals surface area contributed by atoms with Gasteiger partial charge in [0.2, 0.25) is 5.91 Å².